The minimum Gasteiger partial charge on any atom is -0.461 e. The smallest absolute Gasteiger partial charge is 0.308 e. The first-order valence-corrected chi connectivity index (χ1v) is 10.0. The van der Waals surface area contributed by atoms with Crippen LogP contribution in [0.2, 0.25) is 0 Å². The first-order valence-electron chi connectivity index (χ1n) is 10.0. The van der Waals surface area contributed by atoms with Crippen LogP contribution >= 0.6 is 0 Å². The quantitative estimate of drug-likeness (QED) is 0.564. The van der Waals surface area contributed by atoms with Crippen LogP contribution in [0.4, 0.5) is 0 Å². The summed E-state index contributed by atoms with van der Waals surface area (Å²) in [6.45, 7) is 14.1. The van der Waals surface area contributed by atoms with E-state index in [4.69, 9.17) is 14.2 Å². The van der Waals surface area contributed by atoms with E-state index >= 15 is 0 Å². The van der Waals surface area contributed by atoms with Crippen molar-refractivity contribution < 1.29 is 23.8 Å². The van der Waals surface area contributed by atoms with Gasteiger partial charge in [0.1, 0.15) is 6.61 Å². The van der Waals surface area contributed by atoms with Crippen LogP contribution in [0.1, 0.15) is 74.1 Å². The summed E-state index contributed by atoms with van der Waals surface area (Å²) in [6.07, 6.45) is 3.77. The van der Waals surface area contributed by atoms with Gasteiger partial charge in [0, 0.05) is 0 Å². The van der Waals surface area contributed by atoms with Crippen molar-refractivity contribution in [1.29, 1.82) is 0 Å². The molecule has 1 fully saturated rings. The molecule has 1 saturated carbocycles. The zero-order chi connectivity index (χ0) is 19.9. The fourth-order valence-corrected chi connectivity index (χ4v) is 3.11. The first-order chi connectivity index (χ1) is 12.0. The molecule has 1 aliphatic carbocycles. The summed E-state index contributed by atoms with van der Waals surface area (Å²) in [7, 11) is 0. The second-order valence-electron chi connectivity index (χ2n) is 8.84. The highest BCUT2D eigenvalue weighted by Crippen LogP contribution is 2.37. The van der Waals surface area contributed by atoms with Crippen LogP contribution in [0.3, 0.4) is 0 Å². The molecule has 1 rings (SSSR count). The number of carbonyl (C=O) groups excluding carboxylic acids is 2. The lowest BCUT2D eigenvalue weighted by Crippen LogP contribution is -2.40. The van der Waals surface area contributed by atoms with Gasteiger partial charge in [-0.3, -0.25) is 9.59 Å². The van der Waals surface area contributed by atoms with Crippen molar-refractivity contribution in [1.82, 2.24) is 0 Å². The summed E-state index contributed by atoms with van der Waals surface area (Å²) in [5.74, 6) is 0.437. The lowest BCUT2D eigenvalue weighted by molar-refractivity contribution is -0.173. The van der Waals surface area contributed by atoms with Crippen LogP contribution in [-0.2, 0) is 23.8 Å². The lowest BCUT2D eigenvalue weighted by Gasteiger charge is -2.39. The Bertz CT molecular complexity index is 447. The largest absolute Gasteiger partial charge is 0.461 e. The van der Waals surface area contributed by atoms with E-state index in [2.05, 4.69) is 20.8 Å². The summed E-state index contributed by atoms with van der Waals surface area (Å²) in [4.78, 5) is 23.7. The van der Waals surface area contributed by atoms with Crippen molar-refractivity contribution in [2.75, 3.05) is 13.2 Å². The van der Waals surface area contributed by atoms with Gasteiger partial charge < -0.3 is 14.2 Å². The summed E-state index contributed by atoms with van der Waals surface area (Å²) in [5, 5.41) is 0. The number of hydrogen-bond donors (Lipinski definition) is 0. The Labute approximate surface area is 159 Å². The molecule has 1 unspecified atom stereocenters. The van der Waals surface area contributed by atoms with E-state index in [-0.39, 0.29) is 42.6 Å². The van der Waals surface area contributed by atoms with Crippen LogP contribution in [0, 0.1) is 23.7 Å². The van der Waals surface area contributed by atoms with Gasteiger partial charge in [0.15, 0.2) is 6.10 Å². The average Bonchev–Trinajstić information content (AvgIpc) is 2.56. The predicted molar refractivity (Wildman–Crippen MR) is 102 cm³/mol. The van der Waals surface area contributed by atoms with E-state index in [9.17, 15) is 9.59 Å². The molecule has 26 heavy (non-hydrogen) atoms. The van der Waals surface area contributed by atoms with Crippen LogP contribution in [-0.4, -0.2) is 36.9 Å². The summed E-state index contributed by atoms with van der Waals surface area (Å²) >= 11 is 0. The maximum atomic E-state index is 12.0. The molecular formula is C21H38O5. The van der Waals surface area contributed by atoms with E-state index in [0.717, 1.165) is 31.6 Å². The molecule has 0 saturated heterocycles. The minimum absolute atomic E-state index is 0.0418. The molecule has 0 aromatic carbocycles. The van der Waals surface area contributed by atoms with Crippen LogP contribution < -0.4 is 0 Å². The molecule has 0 bridgehead atoms. The maximum absolute atomic E-state index is 12.0. The van der Waals surface area contributed by atoms with Gasteiger partial charge in [-0.25, -0.2) is 0 Å². The molecule has 5 nitrogen and oxygen atoms in total. The van der Waals surface area contributed by atoms with Gasteiger partial charge in [-0.05, 0) is 44.4 Å². The standard InChI is InChI=1S/C21H38O5/c1-14(2)17-8-10-21(7,11-9-17)25-13-18(26-20(23)16(5)6)12-24-19(22)15(3)4/h14-18H,8-13H2,1-7H3. The van der Waals surface area contributed by atoms with Gasteiger partial charge in [-0.1, -0.05) is 41.5 Å². The Morgan fingerprint density at radius 3 is 1.92 bits per heavy atom. The minimum atomic E-state index is -0.563. The summed E-state index contributed by atoms with van der Waals surface area (Å²) < 4.78 is 16.9. The molecule has 152 valence electrons. The molecule has 0 N–H and O–H groups in total. The molecule has 0 heterocycles. The zero-order valence-corrected chi connectivity index (χ0v) is 17.7. The van der Waals surface area contributed by atoms with Crippen molar-refractivity contribution in [2.45, 2.75) is 85.9 Å². The molecule has 0 aliphatic heterocycles. The summed E-state index contributed by atoms with van der Waals surface area (Å²) in [6, 6.07) is 0. The Balaban J connectivity index is 2.58. The molecule has 0 aromatic heterocycles. The van der Waals surface area contributed by atoms with Crippen molar-refractivity contribution in [3.05, 3.63) is 0 Å². The highest BCUT2D eigenvalue weighted by Gasteiger charge is 2.34. The molecular weight excluding hydrogens is 332 g/mol. The Morgan fingerprint density at radius 2 is 1.46 bits per heavy atom. The van der Waals surface area contributed by atoms with Gasteiger partial charge >= 0.3 is 11.9 Å². The van der Waals surface area contributed by atoms with Gasteiger partial charge in [0.2, 0.25) is 0 Å². The third kappa shape index (κ3) is 7.65. The zero-order valence-electron chi connectivity index (χ0n) is 17.7. The Kier molecular flexibility index (Phi) is 9.08. The summed E-state index contributed by atoms with van der Waals surface area (Å²) in [5.41, 5.74) is -0.198. The topological polar surface area (TPSA) is 61.8 Å². The molecule has 5 heteroatoms. The van der Waals surface area contributed by atoms with Crippen molar-refractivity contribution >= 4 is 11.9 Å². The van der Waals surface area contributed by atoms with Crippen molar-refractivity contribution in [2.24, 2.45) is 23.7 Å². The number of esters is 2. The maximum Gasteiger partial charge on any atom is 0.308 e. The molecule has 1 atom stereocenters. The van der Waals surface area contributed by atoms with E-state index in [1.165, 1.54) is 0 Å². The van der Waals surface area contributed by atoms with Gasteiger partial charge in [-0.15, -0.1) is 0 Å². The van der Waals surface area contributed by atoms with E-state index in [1.807, 2.05) is 0 Å². The normalized spacial score (nSPS) is 24.8. The fraction of sp³-hybridized carbons (Fsp3) is 0.905. The Hall–Kier alpha value is -1.10. The number of hydrogen-bond acceptors (Lipinski definition) is 5. The fourth-order valence-electron chi connectivity index (χ4n) is 3.11. The predicted octanol–water partition coefficient (Wildman–Crippen LogP) is 4.37. The van der Waals surface area contributed by atoms with Crippen LogP contribution in [0.15, 0.2) is 0 Å². The third-order valence-corrected chi connectivity index (χ3v) is 5.29. The molecule has 0 aromatic rings. The molecule has 1 aliphatic rings. The average molecular weight is 371 g/mol. The van der Waals surface area contributed by atoms with Crippen molar-refractivity contribution in [3.63, 3.8) is 0 Å². The SMILES string of the molecule is CC(C)C(=O)OCC(COC1(C)CCC(C(C)C)CC1)OC(=O)C(C)C. The second-order valence-corrected chi connectivity index (χ2v) is 8.84. The lowest BCUT2D eigenvalue weighted by atomic mass is 9.75. The van der Waals surface area contributed by atoms with Gasteiger partial charge in [0.05, 0.1) is 24.0 Å². The van der Waals surface area contributed by atoms with E-state index in [0.29, 0.717) is 5.92 Å². The monoisotopic (exact) mass is 370 g/mol. The highest BCUT2D eigenvalue weighted by molar-refractivity contribution is 5.72. The van der Waals surface area contributed by atoms with Crippen LogP contribution in [0.5, 0.6) is 0 Å². The molecule has 0 spiro atoms. The van der Waals surface area contributed by atoms with Crippen molar-refractivity contribution in [3.8, 4) is 0 Å². The third-order valence-electron chi connectivity index (χ3n) is 5.29. The van der Waals surface area contributed by atoms with Gasteiger partial charge in [0.25, 0.3) is 0 Å². The van der Waals surface area contributed by atoms with Crippen LogP contribution in [0.25, 0.3) is 0 Å². The Morgan fingerprint density at radius 1 is 0.923 bits per heavy atom. The first kappa shape index (κ1) is 22.9. The number of ether oxygens (including phenoxy) is 3. The van der Waals surface area contributed by atoms with E-state index < -0.39 is 6.10 Å². The highest BCUT2D eigenvalue weighted by atomic mass is 16.6. The van der Waals surface area contributed by atoms with Gasteiger partial charge in [-0.2, -0.15) is 0 Å². The second kappa shape index (κ2) is 10.3. The molecule has 0 amide bonds. The number of rotatable bonds is 9. The number of carbonyl (C=O) groups is 2. The molecule has 0 radical (unpaired) electrons. The van der Waals surface area contributed by atoms with E-state index in [1.54, 1.807) is 27.7 Å².